The number of carbonyl (C=O) groups is 2. The van der Waals surface area contributed by atoms with Gasteiger partial charge in [0.15, 0.2) is 0 Å². The molecule has 0 aromatic carbocycles. The van der Waals surface area contributed by atoms with E-state index >= 15 is 0 Å². The summed E-state index contributed by atoms with van der Waals surface area (Å²) in [6, 6.07) is 0.0912. The molecule has 2 amide bonds. The minimum Gasteiger partial charge on any atom is -0.444 e. The van der Waals surface area contributed by atoms with Crippen LogP contribution >= 0.6 is 0 Å². The molecule has 1 aliphatic heterocycles. The second-order valence-corrected chi connectivity index (χ2v) is 7.79. The fraction of sp³-hybridized carbons (Fsp3) is 0.875. The SMILES string of the molecule is CN(C(=O)OC(C)(C)C)C1CCN(C(=O)OC(C)(C)C)CC1. The molecule has 1 heterocycles. The maximum Gasteiger partial charge on any atom is 0.410 e. The molecule has 0 aliphatic carbocycles. The van der Waals surface area contributed by atoms with E-state index in [0.717, 1.165) is 12.8 Å². The molecule has 22 heavy (non-hydrogen) atoms. The Morgan fingerprint density at radius 3 is 1.82 bits per heavy atom. The van der Waals surface area contributed by atoms with Gasteiger partial charge in [0.1, 0.15) is 11.2 Å². The molecule has 1 saturated heterocycles. The van der Waals surface area contributed by atoms with Gasteiger partial charge in [-0.2, -0.15) is 0 Å². The van der Waals surface area contributed by atoms with Crippen LogP contribution in [0.4, 0.5) is 9.59 Å². The lowest BCUT2D eigenvalue weighted by Gasteiger charge is -2.37. The highest BCUT2D eigenvalue weighted by Crippen LogP contribution is 2.20. The molecule has 6 nitrogen and oxygen atoms in total. The first-order valence-electron chi connectivity index (χ1n) is 7.83. The monoisotopic (exact) mass is 314 g/mol. The van der Waals surface area contributed by atoms with Gasteiger partial charge in [0, 0.05) is 26.2 Å². The van der Waals surface area contributed by atoms with Crippen molar-refractivity contribution in [1.82, 2.24) is 9.80 Å². The van der Waals surface area contributed by atoms with E-state index in [1.54, 1.807) is 16.8 Å². The Labute approximate surface area is 133 Å². The maximum absolute atomic E-state index is 12.1. The molecule has 6 heteroatoms. The number of amides is 2. The number of piperidine rings is 1. The van der Waals surface area contributed by atoms with E-state index in [-0.39, 0.29) is 18.2 Å². The molecule has 0 bridgehead atoms. The van der Waals surface area contributed by atoms with Gasteiger partial charge < -0.3 is 19.3 Å². The van der Waals surface area contributed by atoms with Gasteiger partial charge in [0.05, 0.1) is 0 Å². The van der Waals surface area contributed by atoms with Crippen molar-refractivity contribution in [3.63, 3.8) is 0 Å². The molecule has 1 rings (SSSR count). The van der Waals surface area contributed by atoms with Crippen LogP contribution in [0.3, 0.4) is 0 Å². The number of nitrogens with zero attached hydrogens (tertiary/aromatic N) is 2. The van der Waals surface area contributed by atoms with Crippen LogP contribution in [0, 0.1) is 0 Å². The highest BCUT2D eigenvalue weighted by Gasteiger charge is 2.31. The lowest BCUT2D eigenvalue weighted by atomic mass is 10.0. The van der Waals surface area contributed by atoms with E-state index in [2.05, 4.69) is 0 Å². The molecule has 0 unspecified atom stereocenters. The number of hydrogen-bond acceptors (Lipinski definition) is 4. The van der Waals surface area contributed by atoms with Crippen molar-refractivity contribution in [2.24, 2.45) is 0 Å². The van der Waals surface area contributed by atoms with Crippen LogP contribution < -0.4 is 0 Å². The predicted octanol–water partition coefficient (Wildman–Crippen LogP) is 3.25. The largest absolute Gasteiger partial charge is 0.444 e. The number of ether oxygens (including phenoxy) is 2. The van der Waals surface area contributed by atoms with Gasteiger partial charge in [-0.1, -0.05) is 0 Å². The fourth-order valence-electron chi connectivity index (χ4n) is 2.25. The van der Waals surface area contributed by atoms with Crippen molar-refractivity contribution in [3.05, 3.63) is 0 Å². The second kappa shape index (κ2) is 6.75. The molecule has 0 N–H and O–H groups in total. The van der Waals surface area contributed by atoms with Crippen molar-refractivity contribution in [2.75, 3.05) is 20.1 Å². The zero-order valence-electron chi connectivity index (χ0n) is 14.9. The van der Waals surface area contributed by atoms with Crippen molar-refractivity contribution in [3.8, 4) is 0 Å². The summed E-state index contributed by atoms with van der Waals surface area (Å²) in [6.45, 7) is 12.3. The van der Waals surface area contributed by atoms with E-state index in [0.29, 0.717) is 13.1 Å². The Kier molecular flexibility index (Phi) is 5.70. The quantitative estimate of drug-likeness (QED) is 0.745. The van der Waals surface area contributed by atoms with Crippen molar-refractivity contribution in [2.45, 2.75) is 71.6 Å². The van der Waals surface area contributed by atoms with Gasteiger partial charge in [-0.3, -0.25) is 0 Å². The summed E-state index contributed by atoms with van der Waals surface area (Å²) in [5.41, 5.74) is -0.982. The molecular weight excluding hydrogens is 284 g/mol. The highest BCUT2D eigenvalue weighted by atomic mass is 16.6. The Balaban J connectivity index is 2.48. The van der Waals surface area contributed by atoms with Crippen LogP contribution in [0.1, 0.15) is 54.4 Å². The molecular formula is C16H30N2O4. The molecule has 0 spiro atoms. The fourth-order valence-corrected chi connectivity index (χ4v) is 2.25. The molecule has 0 aromatic rings. The van der Waals surface area contributed by atoms with E-state index in [1.165, 1.54) is 0 Å². The van der Waals surface area contributed by atoms with Crippen LogP contribution in [-0.2, 0) is 9.47 Å². The van der Waals surface area contributed by atoms with E-state index < -0.39 is 11.2 Å². The summed E-state index contributed by atoms with van der Waals surface area (Å²) in [7, 11) is 1.75. The summed E-state index contributed by atoms with van der Waals surface area (Å²) in [5.74, 6) is 0. The minimum absolute atomic E-state index is 0.0912. The van der Waals surface area contributed by atoms with Crippen LogP contribution in [0.15, 0.2) is 0 Å². The van der Waals surface area contributed by atoms with Crippen molar-refractivity contribution in [1.29, 1.82) is 0 Å². The summed E-state index contributed by atoms with van der Waals surface area (Å²) >= 11 is 0. The van der Waals surface area contributed by atoms with Gasteiger partial charge >= 0.3 is 12.2 Å². The number of carbonyl (C=O) groups excluding carboxylic acids is 2. The normalized spacial score (nSPS) is 17.1. The standard InChI is InChI=1S/C16H30N2O4/c1-15(2,3)21-13(19)17(7)12-8-10-18(11-9-12)14(20)22-16(4,5)6/h12H,8-11H2,1-7H3. The molecule has 1 aliphatic rings. The molecule has 0 aromatic heterocycles. The van der Waals surface area contributed by atoms with Crippen molar-refractivity contribution >= 4 is 12.2 Å². The third-order valence-electron chi connectivity index (χ3n) is 3.35. The predicted molar refractivity (Wildman–Crippen MR) is 84.8 cm³/mol. The van der Waals surface area contributed by atoms with Crippen LogP contribution in [0.25, 0.3) is 0 Å². The lowest BCUT2D eigenvalue weighted by Crippen LogP contribution is -2.49. The molecule has 0 atom stereocenters. The lowest BCUT2D eigenvalue weighted by molar-refractivity contribution is 0.00542. The smallest absolute Gasteiger partial charge is 0.410 e. The number of likely N-dealkylation sites (tertiary alicyclic amines) is 1. The number of hydrogen-bond donors (Lipinski definition) is 0. The van der Waals surface area contributed by atoms with Gasteiger partial charge in [0.2, 0.25) is 0 Å². The van der Waals surface area contributed by atoms with Gasteiger partial charge in [-0.15, -0.1) is 0 Å². The highest BCUT2D eigenvalue weighted by molar-refractivity contribution is 5.69. The first kappa shape index (κ1) is 18.6. The van der Waals surface area contributed by atoms with Crippen LogP contribution in [0.2, 0.25) is 0 Å². The van der Waals surface area contributed by atoms with E-state index in [1.807, 2.05) is 41.5 Å². The summed E-state index contributed by atoms with van der Waals surface area (Å²) in [6.07, 6.45) is 0.860. The van der Waals surface area contributed by atoms with Gasteiger partial charge in [-0.25, -0.2) is 9.59 Å². The van der Waals surface area contributed by atoms with Crippen LogP contribution in [0.5, 0.6) is 0 Å². The van der Waals surface area contributed by atoms with E-state index in [4.69, 9.17) is 9.47 Å². The maximum atomic E-state index is 12.1. The van der Waals surface area contributed by atoms with E-state index in [9.17, 15) is 9.59 Å². The molecule has 0 saturated carbocycles. The van der Waals surface area contributed by atoms with Crippen LogP contribution in [-0.4, -0.2) is 59.4 Å². The summed E-state index contributed by atoms with van der Waals surface area (Å²) < 4.78 is 10.7. The Bertz CT molecular complexity index is 401. The van der Waals surface area contributed by atoms with Crippen molar-refractivity contribution < 1.29 is 19.1 Å². The topological polar surface area (TPSA) is 59.1 Å². The second-order valence-electron chi connectivity index (χ2n) is 7.79. The van der Waals surface area contributed by atoms with Gasteiger partial charge in [0.25, 0.3) is 0 Å². The average Bonchev–Trinajstić information content (AvgIpc) is 2.34. The molecule has 128 valence electrons. The average molecular weight is 314 g/mol. The Morgan fingerprint density at radius 1 is 0.955 bits per heavy atom. The summed E-state index contributed by atoms with van der Waals surface area (Å²) in [4.78, 5) is 27.4. The zero-order chi connectivity index (χ0) is 17.1. The summed E-state index contributed by atoms with van der Waals surface area (Å²) in [5, 5.41) is 0. The molecule has 1 fully saturated rings. The van der Waals surface area contributed by atoms with Gasteiger partial charge in [-0.05, 0) is 54.4 Å². The minimum atomic E-state index is -0.497. The zero-order valence-corrected chi connectivity index (χ0v) is 14.9. The Morgan fingerprint density at radius 2 is 1.41 bits per heavy atom. The first-order chi connectivity index (χ1) is 9.89. The molecule has 0 radical (unpaired) electrons. The first-order valence-corrected chi connectivity index (χ1v) is 7.83. The Hall–Kier alpha value is -1.46. The third-order valence-corrected chi connectivity index (χ3v) is 3.35. The third kappa shape index (κ3) is 6.12. The number of rotatable bonds is 1.